The SMILES string of the molecule is CC(C)OC(=O)[C@@H](C)NP(=O)(Oc1ccccc1)O[C@@H]1[C@@H](CO)O[C@@H](n2cnc3c(=O)[nH]c(N)nc32)[C@]1(C)Cl. The van der Waals surface area contributed by atoms with Crippen LogP contribution in [0.4, 0.5) is 5.95 Å². The molecule has 1 unspecified atom stereocenters. The van der Waals surface area contributed by atoms with Crippen LogP contribution in [0.1, 0.15) is 33.9 Å². The number of aliphatic hydroxyl groups excluding tert-OH is 1. The smallest absolute Gasteiger partial charge is 0.459 e. The van der Waals surface area contributed by atoms with Gasteiger partial charge in [-0.05, 0) is 39.8 Å². The second-order valence-electron chi connectivity index (χ2n) is 9.40. The molecule has 0 amide bonds. The van der Waals surface area contributed by atoms with Gasteiger partial charge in [-0.15, -0.1) is 11.6 Å². The molecule has 14 nitrogen and oxygen atoms in total. The second-order valence-corrected chi connectivity index (χ2v) is 11.9. The number of esters is 1. The zero-order valence-electron chi connectivity index (χ0n) is 21.6. The first-order valence-corrected chi connectivity index (χ1v) is 14.0. The number of aliphatic hydroxyl groups is 1. The highest BCUT2D eigenvalue weighted by Crippen LogP contribution is 2.54. The van der Waals surface area contributed by atoms with E-state index in [1.165, 1.54) is 24.7 Å². The molecule has 4 rings (SSSR count). The fraction of sp³-hybridized carbons (Fsp3) is 0.478. The van der Waals surface area contributed by atoms with Crippen molar-refractivity contribution in [2.75, 3.05) is 12.3 Å². The summed E-state index contributed by atoms with van der Waals surface area (Å²) in [6.45, 7) is 5.75. The number of benzene rings is 1. The van der Waals surface area contributed by atoms with Crippen molar-refractivity contribution in [1.82, 2.24) is 24.6 Å². The Bertz CT molecular complexity index is 1430. The molecule has 212 valence electrons. The summed E-state index contributed by atoms with van der Waals surface area (Å²) in [4.78, 5) is 33.8. The third-order valence-electron chi connectivity index (χ3n) is 5.84. The van der Waals surface area contributed by atoms with E-state index in [-0.39, 0.29) is 22.9 Å². The Labute approximate surface area is 228 Å². The average molecular weight is 585 g/mol. The number of alkyl halides is 1. The number of aromatic amines is 1. The molecule has 1 aliphatic rings. The van der Waals surface area contributed by atoms with Crippen molar-refractivity contribution < 1.29 is 33.0 Å². The van der Waals surface area contributed by atoms with E-state index in [1.807, 2.05) is 0 Å². The molecule has 1 aromatic carbocycles. The molecule has 3 heterocycles. The van der Waals surface area contributed by atoms with Crippen molar-refractivity contribution in [3.8, 4) is 5.75 Å². The maximum Gasteiger partial charge on any atom is 0.459 e. The van der Waals surface area contributed by atoms with Gasteiger partial charge in [-0.25, -0.2) is 9.55 Å². The summed E-state index contributed by atoms with van der Waals surface area (Å²) in [7, 11) is -4.38. The molecule has 6 atom stereocenters. The van der Waals surface area contributed by atoms with Crippen molar-refractivity contribution in [3.05, 3.63) is 47.0 Å². The molecule has 0 saturated carbocycles. The van der Waals surface area contributed by atoms with Gasteiger partial charge in [0, 0.05) is 0 Å². The molecule has 0 aliphatic carbocycles. The van der Waals surface area contributed by atoms with E-state index in [9.17, 15) is 19.3 Å². The number of rotatable bonds is 10. The van der Waals surface area contributed by atoms with Crippen LogP contribution in [0.3, 0.4) is 0 Å². The van der Waals surface area contributed by atoms with Crippen LogP contribution < -0.4 is 20.9 Å². The van der Waals surface area contributed by atoms with Crippen LogP contribution in [-0.4, -0.2) is 66.4 Å². The van der Waals surface area contributed by atoms with Gasteiger partial charge in [-0.1, -0.05) is 18.2 Å². The number of carbonyl (C=O) groups excluding carboxylic acids is 1. The van der Waals surface area contributed by atoms with Gasteiger partial charge in [0.15, 0.2) is 17.4 Å². The normalized spacial score (nSPS) is 25.5. The highest BCUT2D eigenvalue weighted by Gasteiger charge is 2.57. The minimum absolute atomic E-state index is 0.0116. The molecule has 0 bridgehead atoms. The fourth-order valence-corrected chi connectivity index (χ4v) is 6.30. The number of aromatic nitrogens is 4. The van der Waals surface area contributed by atoms with Gasteiger partial charge in [-0.3, -0.25) is 23.7 Å². The largest absolute Gasteiger partial charge is 0.462 e. The molecular formula is C23H30ClN6O8P. The summed E-state index contributed by atoms with van der Waals surface area (Å²) in [6, 6.07) is 7.07. The zero-order chi connectivity index (χ0) is 28.5. The Hall–Kier alpha value is -3.00. The minimum atomic E-state index is -4.38. The molecule has 16 heteroatoms. The van der Waals surface area contributed by atoms with Crippen LogP contribution in [-0.2, 0) is 23.4 Å². The van der Waals surface area contributed by atoms with Crippen LogP contribution in [0.5, 0.6) is 5.75 Å². The molecular weight excluding hydrogens is 555 g/mol. The van der Waals surface area contributed by atoms with E-state index in [2.05, 4.69) is 20.0 Å². The number of para-hydroxylation sites is 1. The van der Waals surface area contributed by atoms with E-state index < -0.39 is 61.3 Å². The van der Waals surface area contributed by atoms with Crippen LogP contribution in [0, 0.1) is 0 Å². The lowest BCUT2D eigenvalue weighted by molar-refractivity contribution is -0.149. The summed E-state index contributed by atoms with van der Waals surface area (Å²) in [5, 5.41) is 12.7. The number of imidazole rings is 1. The number of nitrogens with two attached hydrogens (primary N) is 1. The first-order valence-electron chi connectivity index (χ1n) is 12.0. The molecule has 2 aromatic heterocycles. The van der Waals surface area contributed by atoms with E-state index >= 15 is 0 Å². The number of anilines is 1. The highest BCUT2D eigenvalue weighted by molar-refractivity contribution is 7.52. The lowest BCUT2D eigenvalue weighted by Gasteiger charge is -2.32. The Morgan fingerprint density at radius 1 is 1.36 bits per heavy atom. The molecule has 1 aliphatic heterocycles. The van der Waals surface area contributed by atoms with Crippen molar-refractivity contribution in [2.24, 2.45) is 0 Å². The zero-order valence-corrected chi connectivity index (χ0v) is 23.3. The average Bonchev–Trinajstić information content (AvgIpc) is 3.37. The van der Waals surface area contributed by atoms with Crippen molar-refractivity contribution in [2.45, 2.75) is 63.2 Å². The molecule has 1 fully saturated rings. The minimum Gasteiger partial charge on any atom is -0.462 e. The number of halogens is 1. The highest BCUT2D eigenvalue weighted by atomic mass is 35.5. The summed E-state index contributed by atoms with van der Waals surface area (Å²) in [5.74, 6) is -0.649. The Morgan fingerprint density at radius 3 is 2.69 bits per heavy atom. The van der Waals surface area contributed by atoms with Gasteiger partial charge in [0.1, 0.15) is 28.9 Å². The van der Waals surface area contributed by atoms with Crippen LogP contribution in [0.2, 0.25) is 0 Å². The summed E-state index contributed by atoms with van der Waals surface area (Å²) < 4.78 is 38.4. The maximum atomic E-state index is 14.1. The molecule has 39 heavy (non-hydrogen) atoms. The summed E-state index contributed by atoms with van der Waals surface area (Å²) in [6.07, 6.45) is -2.60. The standard InChI is InChI=1S/C23H30ClN6O8P/c1-12(2)35-20(33)13(3)29-39(34,37-14-8-6-5-7-9-14)38-17-15(10-31)36-21(23(17,4)24)30-11-26-16-18(30)27-22(25)28-19(16)32/h5-9,11-13,15,17,21,31H,10H2,1-4H3,(H,29,34)(H3,25,27,28,32)/t13-,15-,17-,21-,23-,39?/m1/s1. The van der Waals surface area contributed by atoms with Crippen LogP contribution in [0.25, 0.3) is 11.2 Å². The van der Waals surface area contributed by atoms with Gasteiger partial charge >= 0.3 is 13.7 Å². The van der Waals surface area contributed by atoms with E-state index in [1.54, 1.807) is 44.2 Å². The van der Waals surface area contributed by atoms with Gasteiger partial charge < -0.3 is 24.8 Å². The third-order valence-corrected chi connectivity index (χ3v) is 7.90. The summed E-state index contributed by atoms with van der Waals surface area (Å²) in [5.41, 5.74) is 5.22. The number of nitrogens with zero attached hydrogens (tertiary/aromatic N) is 3. The van der Waals surface area contributed by atoms with Crippen LogP contribution >= 0.6 is 19.3 Å². The van der Waals surface area contributed by atoms with Crippen molar-refractivity contribution in [1.29, 1.82) is 0 Å². The molecule has 0 spiro atoms. The number of carbonyl (C=O) groups is 1. The van der Waals surface area contributed by atoms with Gasteiger partial charge in [-0.2, -0.15) is 10.1 Å². The quantitative estimate of drug-likeness (QED) is 0.154. The van der Waals surface area contributed by atoms with Gasteiger partial charge in [0.05, 0.1) is 19.0 Å². The van der Waals surface area contributed by atoms with Gasteiger partial charge in [0.2, 0.25) is 5.95 Å². The molecule has 3 aromatic rings. The van der Waals surface area contributed by atoms with Gasteiger partial charge in [0.25, 0.3) is 5.56 Å². The Kier molecular flexibility index (Phi) is 8.36. The topological polar surface area (TPSA) is 193 Å². The lowest BCUT2D eigenvalue weighted by atomic mass is 10.0. The second kappa shape index (κ2) is 11.2. The molecule has 5 N–H and O–H groups in total. The van der Waals surface area contributed by atoms with E-state index in [0.29, 0.717) is 0 Å². The first kappa shape index (κ1) is 29.0. The van der Waals surface area contributed by atoms with Crippen molar-refractivity contribution >= 4 is 42.4 Å². The lowest BCUT2D eigenvalue weighted by Crippen LogP contribution is -2.44. The first-order chi connectivity index (χ1) is 18.3. The number of ether oxygens (including phenoxy) is 2. The third kappa shape index (κ3) is 6.11. The molecule has 0 radical (unpaired) electrons. The maximum absolute atomic E-state index is 14.1. The Balaban J connectivity index is 1.69. The number of H-pyrrole nitrogens is 1. The van der Waals surface area contributed by atoms with E-state index in [4.69, 9.17) is 35.9 Å². The van der Waals surface area contributed by atoms with Crippen LogP contribution in [0.15, 0.2) is 41.5 Å². The number of hydrogen-bond acceptors (Lipinski definition) is 11. The summed E-state index contributed by atoms with van der Waals surface area (Å²) >= 11 is 6.97. The predicted octanol–water partition coefficient (Wildman–Crippen LogP) is 2.09. The number of nitrogen functional groups attached to an aromatic ring is 1. The Morgan fingerprint density at radius 2 is 2.05 bits per heavy atom. The van der Waals surface area contributed by atoms with Crippen molar-refractivity contribution in [3.63, 3.8) is 0 Å². The number of nitrogens with one attached hydrogen (secondary N) is 2. The molecule has 1 saturated heterocycles. The van der Waals surface area contributed by atoms with E-state index in [0.717, 1.165) is 0 Å². The fourth-order valence-electron chi connectivity index (χ4n) is 4.11. The predicted molar refractivity (Wildman–Crippen MR) is 141 cm³/mol. The number of hydrogen-bond donors (Lipinski definition) is 4. The monoisotopic (exact) mass is 584 g/mol. The number of fused-ring (bicyclic) bond motifs is 1.